The second kappa shape index (κ2) is 49.3. The van der Waals surface area contributed by atoms with Crippen molar-refractivity contribution in [2.45, 2.75) is 324 Å². The molecule has 0 bridgehead atoms. The average molecular weight is 906 g/mol. The van der Waals surface area contributed by atoms with Gasteiger partial charge < -0.3 is 14.2 Å². The van der Waals surface area contributed by atoms with Crippen LogP contribution in [0.3, 0.4) is 0 Å². The number of esters is 3. The van der Waals surface area contributed by atoms with Crippen molar-refractivity contribution in [2.75, 3.05) is 13.2 Å². The Morgan fingerprint density at radius 1 is 0.312 bits per heavy atom. The predicted molar refractivity (Wildman–Crippen MR) is 275 cm³/mol. The average Bonchev–Trinajstić information content (AvgIpc) is 3.27. The minimum absolute atomic E-state index is 0.0644. The second-order valence-electron chi connectivity index (χ2n) is 21.1. The Kier molecular flexibility index (Phi) is 48.1. The first-order valence-corrected chi connectivity index (χ1v) is 28.6. The molecule has 0 aliphatic carbocycles. The molecule has 6 nitrogen and oxygen atoms in total. The number of carbonyl (C=O) groups is 3. The van der Waals surface area contributed by atoms with Gasteiger partial charge in [-0.05, 0) is 37.0 Å². The first-order valence-electron chi connectivity index (χ1n) is 28.6. The molecule has 0 amide bonds. The first kappa shape index (κ1) is 62.4. The van der Waals surface area contributed by atoms with Gasteiger partial charge in [-0.2, -0.15) is 0 Å². The molecule has 0 aromatic rings. The summed E-state index contributed by atoms with van der Waals surface area (Å²) in [5, 5.41) is 0. The van der Waals surface area contributed by atoms with Gasteiger partial charge in [0.15, 0.2) is 6.10 Å². The molecule has 0 aromatic heterocycles. The topological polar surface area (TPSA) is 78.9 Å². The quantitative estimate of drug-likeness (QED) is 0.0344. The monoisotopic (exact) mass is 905 g/mol. The molecule has 6 heteroatoms. The Bertz CT molecular complexity index is 993. The molecular weight excluding hydrogens is 793 g/mol. The van der Waals surface area contributed by atoms with Gasteiger partial charge in [-0.3, -0.25) is 14.4 Å². The normalized spacial score (nSPS) is 12.6. The molecule has 0 N–H and O–H groups in total. The van der Waals surface area contributed by atoms with Crippen molar-refractivity contribution in [2.24, 2.45) is 17.8 Å². The van der Waals surface area contributed by atoms with Gasteiger partial charge in [0.1, 0.15) is 13.2 Å². The number of rotatable bonds is 51. The molecule has 0 radical (unpaired) electrons. The van der Waals surface area contributed by atoms with E-state index in [1.54, 1.807) is 0 Å². The molecule has 380 valence electrons. The Morgan fingerprint density at radius 3 is 0.812 bits per heavy atom. The standard InChI is InChI=1S/C58H112O6/c1-7-54(6)46-40-34-28-22-18-14-12-10-8-9-11-13-15-19-23-29-35-41-47-56(59)62-50-55(51-63-57(60)48-42-36-31-25-27-33-39-45-53(4)5)64-58(61)49-43-37-30-24-20-16-17-21-26-32-38-44-52(2)3/h52-55H,7-51H2,1-6H3/t54?,55-/m0/s1. The third kappa shape index (κ3) is 49.8. The smallest absolute Gasteiger partial charge is 0.306 e. The second-order valence-corrected chi connectivity index (χ2v) is 21.1. The molecule has 0 aromatic carbocycles. The fourth-order valence-electron chi connectivity index (χ4n) is 8.79. The fourth-order valence-corrected chi connectivity index (χ4v) is 8.79. The van der Waals surface area contributed by atoms with E-state index in [0.717, 1.165) is 75.5 Å². The van der Waals surface area contributed by atoms with Crippen molar-refractivity contribution < 1.29 is 28.6 Å². The lowest BCUT2D eigenvalue weighted by Gasteiger charge is -2.18. The van der Waals surface area contributed by atoms with Gasteiger partial charge in [0.05, 0.1) is 0 Å². The molecule has 1 unspecified atom stereocenters. The van der Waals surface area contributed by atoms with Gasteiger partial charge in [-0.15, -0.1) is 0 Å². The predicted octanol–water partition coefficient (Wildman–Crippen LogP) is 18.7. The highest BCUT2D eigenvalue weighted by Gasteiger charge is 2.19. The lowest BCUT2D eigenvalue weighted by atomic mass is 9.99. The van der Waals surface area contributed by atoms with Crippen LogP contribution in [0.15, 0.2) is 0 Å². The van der Waals surface area contributed by atoms with Gasteiger partial charge in [0.25, 0.3) is 0 Å². The van der Waals surface area contributed by atoms with E-state index < -0.39 is 6.10 Å². The number of ether oxygens (including phenoxy) is 3. The summed E-state index contributed by atoms with van der Waals surface area (Å²) in [6.07, 6.45) is 51.0. The fraction of sp³-hybridized carbons (Fsp3) is 0.948. The van der Waals surface area contributed by atoms with Crippen molar-refractivity contribution in [3.63, 3.8) is 0 Å². The Hall–Kier alpha value is -1.59. The highest BCUT2D eigenvalue weighted by molar-refractivity contribution is 5.71. The molecule has 64 heavy (non-hydrogen) atoms. The summed E-state index contributed by atoms with van der Waals surface area (Å²) in [6.45, 7) is 13.7. The van der Waals surface area contributed by atoms with Crippen LogP contribution < -0.4 is 0 Å². The number of hydrogen-bond acceptors (Lipinski definition) is 6. The van der Waals surface area contributed by atoms with Gasteiger partial charge >= 0.3 is 17.9 Å². The van der Waals surface area contributed by atoms with Crippen LogP contribution in [0.4, 0.5) is 0 Å². The Balaban J connectivity index is 4.20. The molecule has 0 aliphatic rings. The van der Waals surface area contributed by atoms with Crippen LogP contribution in [0.25, 0.3) is 0 Å². The zero-order valence-corrected chi connectivity index (χ0v) is 44.1. The molecular formula is C58H112O6. The minimum Gasteiger partial charge on any atom is -0.462 e. The first-order chi connectivity index (χ1) is 31.1. The van der Waals surface area contributed by atoms with Crippen LogP contribution in [0, 0.1) is 17.8 Å². The van der Waals surface area contributed by atoms with Crippen LogP contribution in [-0.4, -0.2) is 37.2 Å². The zero-order chi connectivity index (χ0) is 47.0. The SMILES string of the molecule is CCC(C)CCCCCCCCCCCCCCCCCCCCC(=O)OC[C@@H](COC(=O)CCCCCCCCCC(C)C)OC(=O)CCCCCCCCCCCCCC(C)C. The van der Waals surface area contributed by atoms with E-state index in [9.17, 15) is 14.4 Å². The minimum atomic E-state index is -0.763. The summed E-state index contributed by atoms with van der Waals surface area (Å²) >= 11 is 0. The van der Waals surface area contributed by atoms with Gasteiger partial charge in [-0.25, -0.2) is 0 Å². The number of carbonyl (C=O) groups excluding carboxylic acids is 3. The number of unbranched alkanes of at least 4 members (excludes halogenated alkanes) is 33. The van der Waals surface area contributed by atoms with E-state index in [1.165, 1.54) is 199 Å². The summed E-state index contributed by atoms with van der Waals surface area (Å²) < 4.78 is 16.8. The lowest BCUT2D eigenvalue weighted by Crippen LogP contribution is -2.30. The van der Waals surface area contributed by atoms with E-state index >= 15 is 0 Å². The number of hydrogen-bond donors (Lipinski definition) is 0. The Labute approximate surface area is 399 Å². The van der Waals surface area contributed by atoms with E-state index in [1.807, 2.05) is 0 Å². The summed E-state index contributed by atoms with van der Waals surface area (Å²) in [7, 11) is 0. The van der Waals surface area contributed by atoms with Crippen LogP contribution in [-0.2, 0) is 28.6 Å². The Morgan fingerprint density at radius 2 is 0.547 bits per heavy atom. The summed E-state index contributed by atoms with van der Waals surface area (Å²) in [5.41, 5.74) is 0. The summed E-state index contributed by atoms with van der Waals surface area (Å²) in [5.74, 6) is 1.67. The molecule has 2 atom stereocenters. The highest BCUT2D eigenvalue weighted by Crippen LogP contribution is 2.19. The van der Waals surface area contributed by atoms with E-state index in [-0.39, 0.29) is 31.1 Å². The van der Waals surface area contributed by atoms with Crippen molar-refractivity contribution >= 4 is 17.9 Å². The summed E-state index contributed by atoms with van der Waals surface area (Å²) in [4.78, 5) is 38.0. The molecule has 0 heterocycles. The molecule has 0 rings (SSSR count). The third-order valence-electron chi connectivity index (χ3n) is 13.5. The third-order valence-corrected chi connectivity index (χ3v) is 13.5. The maximum atomic E-state index is 12.8. The van der Waals surface area contributed by atoms with Gasteiger partial charge in [0, 0.05) is 19.3 Å². The highest BCUT2D eigenvalue weighted by atomic mass is 16.6. The van der Waals surface area contributed by atoms with Crippen molar-refractivity contribution in [1.82, 2.24) is 0 Å². The molecule has 0 saturated heterocycles. The van der Waals surface area contributed by atoms with E-state index in [0.29, 0.717) is 19.3 Å². The molecule has 0 fully saturated rings. The van der Waals surface area contributed by atoms with Crippen molar-refractivity contribution in [1.29, 1.82) is 0 Å². The van der Waals surface area contributed by atoms with Gasteiger partial charge in [0.2, 0.25) is 0 Å². The van der Waals surface area contributed by atoms with Crippen molar-refractivity contribution in [3.05, 3.63) is 0 Å². The molecule has 0 aliphatic heterocycles. The lowest BCUT2D eigenvalue weighted by molar-refractivity contribution is -0.167. The van der Waals surface area contributed by atoms with Crippen LogP contribution in [0.1, 0.15) is 318 Å². The van der Waals surface area contributed by atoms with Gasteiger partial charge in [-0.1, -0.05) is 279 Å². The zero-order valence-electron chi connectivity index (χ0n) is 44.1. The largest absolute Gasteiger partial charge is 0.462 e. The van der Waals surface area contributed by atoms with Crippen LogP contribution >= 0.6 is 0 Å². The van der Waals surface area contributed by atoms with E-state index in [4.69, 9.17) is 14.2 Å². The van der Waals surface area contributed by atoms with Crippen molar-refractivity contribution in [3.8, 4) is 0 Å². The van der Waals surface area contributed by atoms with Crippen LogP contribution in [0.5, 0.6) is 0 Å². The molecule has 0 spiro atoms. The summed E-state index contributed by atoms with van der Waals surface area (Å²) in [6, 6.07) is 0. The van der Waals surface area contributed by atoms with E-state index in [2.05, 4.69) is 41.5 Å². The maximum absolute atomic E-state index is 12.8. The maximum Gasteiger partial charge on any atom is 0.306 e. The van der Waals surface area contributed by atoms with Crippen LogP contribution in [0.2, 0.25) is 0 Å². The molecule has 0 saturated carbocycles.